The summed E-state index contributed by atoms with van der Waals surface area (Å²) < 4.78 is 12.6. The lowest BCUT2D eigenvalue weighted by atomic mass is 10.0. The Labute approximate surface area is 187 Å². The molecular formula is C26H26N2O4. The fourth-order valence-electron chi connectivity index (χ4n) is 4.25. The highest BCUT2D eigenvalue weighted by molar-refractivity contribution is 6.16. The first-order valence-electron chi connectivity index (χ1n) is 10.4. The molecule has 1 amide bonds. The third-order valence-electron chi connectivity index (χ3n) is 5.92. The molecule has 2 aromatic heterocycles. The van der Waals surface area contributed by atoms with E-state index in [9.17, 15) is 9.59 Å². The molecule has 6 nitrogen and oxygen atoms in total. The van der Waals surface area contributed by atoms with Crippen molar-refractivity contribution < 1.29 is 18.7 Å². The number of aromatic nitrogens is 1. The summed E-state index contributed by atoms with van der Waals surface area (Å²) in [5, 5.41) is 0. The molecule has 0 radical (unpaired) electrons. The molecule has 0 N–H and O–H groups in total. The minimum atomic E-state index is -0.531. The maximum atomic E-state index is 13.4. The summed E-state index contributed by atoms with van der Waals surface area (Å²) in [6.07, 6.45) is 3.35. The topological polar surface area (TPSA) is 64.7 Å². The molecule has 32 heavy (non-hydrogen) atoms. The lowest BCUT2D eigenvalue weighted by Gasteiger charge is -2.16. The molecule has 4 rings (SSSR count). The lowest BCUT2D eigenvalue weighted by Crippen LogP contribution is -2.24. The number of ether oxygens (including phenoxy) is 1. The fourth-order valence-corrected chi connectivity index (χ4v) is 4.25. The van der Waals surface area contributed by atoms with E-state index in [1.54, 1.807) is 36.3 Å². The molecule has 1 aromatic carbocycles. The Kier molecular flexibility index (Phi) is 5.61. The van der Waals surface area contributed by atoms with Gasteiger partial charge in [-0.05, 0) is 69.2 Å². The van der Waals surface area contributed by atoms with Crippen molar-refractivity contribution in [1.82, 2.24) is 9.47 Å². The van der Waals surface area contributed by atoms with E-state index in [1.807, 2.05) is 32.0 Å². The molecule has 0 fully saturated rings. The van der Waals surface area contributed by atoms with Gasteiger partial charge in [0.15, 0.2) is 0 Å². The molecule has 0 spiro atoms. The number of furan rings is 1. The average molecular weight is 431 g/mol. The fraction of sp³-hybridized carbons (Fsp3) is 0.231. The average Bonchev–Trinajstić information content (AvgIpc) is 3.44. The Hall–Kier alpha value is -3.80. The highest BCUT2D eigenvalue weighted by Gasteiger charge is 2.37. The molecule has 0 saturated carbocycles. The van der Waals surface area contributed by atoms with Crippen LogP contribution >= 0.6 is 0 Å². The number of aryl methyl sites for hydroxylation is 2. The molecule has 3 heterocycles. The first kappa shape index (κ1) is 21.4. The molecule has 3 aromatic rings. The molecule has 1 aliphatic heterocycles. The van der Waals surface area contributed by atoms with E-state index >= 15 is 0 Å². The number of hydrogen-bond donors (Lipinski definition) is 0. The smallest absolute Gasteiger partial charge is 0.340 e. The molecule has 0 aliphatic carbocycles. The summed E-state index contributed by atoms with van der Waals surface area (Å²) >= 11 is 0. The summed E-state index contributed by atoms with van der Waals surface area (Å²) in [7, 11) is 1.32. The van der Waals surface area contributed by atoms with Crippen LogP contribution in [0.5, 0.6) is 0 Å². The van der Waals surface area contributed by atoms with Gasteiger partial charge in [-0.2, -0.15) is 0 Å². The molecule has 0 unspecified atom stereocenters. The van der Waals surface area contributed by atoms with E-state index in [0.717, 1.165) is 28.2 Å². The zero-order chi connectivity index (χ0) is 23.0. The standard InChI is InChI=1S/C26H26N2O4/c1-16-9-6-7-11-23(16)28-17(2)13-20(18(28)3)14-22-24(26(30)31-5)19(4)27(25(22)29)15-21-10-8-12-32-21/h6-14H,15H2,1-5H3. The summed E-state index contributed by atoms with van der Waals surface area (Å²) in [4.78, 5) is 27.5. The number of hydrogen-bond acceptors (Lipinski definition) is 4. The van der Waals surface area contributed by atoms with Crippen molar-refractivity contribution in [3.63, 3.8) is 0 Å². The van der Waals surface area contributed by atoms with Crippen LogP contribution < -0.4 is 0 Å². The van der Waals surface area contributed by atoms with Crippen molar-refractivity contribution in [2.24, 2.45) is 0 Å². The van der Waals surface area contributed by atoms with Crippen LogP contribution in [-0.2, 0) is 20.9 Å². The maximum absolute atomic E-state index is 13.4. The molecular weight excluding hydrogens is 404 g/mol. The van der Waals surface area contributed by atoms with Gasteiger partial charge in [0.25, 0.3) is 5.91 Å². The predicted octanol–water partition coefficient (Wildman–Crippen LogP) is 4.87. The van der Waals surface area contributed by atoms with Gasteiger partial charge in [0.2, 0.25) is 0 Å². The van der Waals surface area contributed by atoms with Gasteiger partial charge in [-0.3, -0.25) is 4.79 Å². The van der Waals surface area contributed by atoms with Crippen LogP contribution in [-0.4, -0.2) is 28.5 Å². The quantitative estimate of drug-likeness (QED) is 0.428. The number of carbonyl (C=O) groups excluding carboxylic acids is 2. The zero-order valence-electron chi connectivity index (χ0n) is 18.9. The number of para-hydroxylation sites is 1. The SMILES string of the molecule is COC(=O)C1=C(C)N(Cc2ccco2)C(=O)C1=Cc1cc(C)n(-c2ccccc2C)c1C. The Bertz CT molecular complexity index is 1260. The number of nitrogens with zero attached hydrogens (tertiary/aromatic N) is 2. The normalized spacial score (nSPS) is 15.2. The van der Waals surface area contributed by atoms with Crippen molar-refractivity contribution >= 4 is 18.0 Å². The van der Waals surface area contributed by atoms with Crippen molar-refractivity contribution in [1.29, 1.82) is 0 Å². The summed E-state index contributed by atoms with van der Waals surface area (Å²) in [6.45, 7) is 8.12. The molecule has 164 valence electrons. The van der Waals surface area contributed by atoms with E-state index in [2.05, 4.69) is 23.6 Å². The van der Waals surface area contributed by atoms with Gasteiger partial charge < -0.3 is 18.6 Å². The minimum absolute atomic E-state index is 0.248. The zero-order valence-corrected chi connectivity index (χ0v) is 18.9. The van der Waals surface area contributed by atoms with Crippen LogP contribution in [0.2, 0.25) is 0 Å². The maximum Gasteiger partial charge on any atom is 0.340 e. The van der Waals surface area contributed by atoms with Crippen LogP contribution in [0.25, 0.3) is 11.8 Å². The van der Waals surface area contributed by atoms with E-state index in [-0.39, 0.29) is 18.0 Å². The van der Waals surface area contributed by atoms with Crippen molar-refractivity contribution in [3.8, 4) is 5.69 Å². The van der Waals surface area contributed by atoms with Gasteiger partial charge in [0.1, 0.15) is 5.76 Å². The minimum Gasteiger partial charge on any atom is -0.467 e. The van der Waals surface area contributed by atoms with E-state index in [4.69, 9.17) is 9.15 Å². The van der Waals surface area contributed by atoms with Gasteiger partial charge in [0.05, 0.1) is 31.1 Å². The van der Waals surface area contributed by atoms with Gasteiger partial charge >= 0.3 is 5.97 Å². The van der Waals surface area contributed by atoms with Crippen molar-refractivity contribution in [2.45, 2.75) is 34.2 Å². The molecule has 0 bridgehead atoms. The monoisotopic (exact) mass is 430 g/mol. The van der Waals surface area contributed by atoms with Crippen LogP contribution in [0.4, 0.5) is 0 Å². The largest absolute Gasteiger partial charge is 0.467 e. The molecule has 6 heteroatoms. The van der Waals surface area contributed by atoms with Gasteiger partial charge in [-0.25, -0.2) is 4.79 Å². The number of esters is 1. The second kappa shape index (κ2) is 8.38. The Morgan fingerprint density at radius 2 is 1.84 bits per heavy atom. The van der Waals surface area contributed by atoms with Crippen LogP contribution in [0.1, 0.15) is 35.2 Å². The van der Waals surface area contributed by atoms with Crippen molar-refractivity contribution in [2.75, 3.05) is 7.11 Å². The predicted molar refractivity (Wildman–Crippen MR) is 122 cm³/mol. The Morgan fingerprint density at radius 3 is 2.50 bits per heavy atom. The Balaban J connectivity index is 1.81. The number of carbonyl (C=O) groups is 2. The lowest BCUT2D eigenvalue weighted by molar-refractivity contribution is -0.136. The Morgan fingerprint density at radius 1 is 1.09 bits per heavy atom. The second-order valence-corrected chi connectivity index (χ2v) is 7.93. The summed E-state index contributed by atoms with van der Waals surface area (Å²) in [5.41, 5.74) is 6.31. The molecule has 0 saturated heterocycles. The van der Waals surface area contributed by atoms with Gasteiger partial charge in [0, 0.05) is 22.8 Å². The number of rotatable bonds is 5. The molecule has 1 aliphatic rings. The number of amides is 1. The van der Waals surface area contributed by atoms with Crippen LogP contribution in [0.15, 0.2) is 70.0 Å². The van der Waals surface area contributed by atoms with Gasteiger partial charge in [-0.1, -0.05) is 18.2 Å². The van der Waals surface area contributed by atoms with Gasteiger partial charge in [-0.15, -0.1) is 0 Å². The highest BCUT2D eigenvalue weighted by Crippen LogP contribution is 2.34. The first-order chi connectivity index (χ1) is 15.3. The summed E-state index contributed by atoms with van der Waals surface area (Å²) in [5.74, 6) is -0.141. The molecule has 0 atom stereocenters. The van der Waals surface area contributed by atoms with E-state index < -0.39 is 5.97 Å². The third-order valence-corrected chi connectivity index (χ3v) is 5.92. The second-order valence-electron chi connectivity index (χ2n) is 7.93. The van der Waals surface area contributed by atoms with E-state index in [0.29, 0.717) is 17.0 Å². The number of benzene rings is 1. The highest BCUT2D eigenvalue weighted by atomic mass is 16.5. The van der Waals surface area contributed by atoms with Crippen LogP contribution in [0, 0.1) is 20.8 Å². The number of allylic oxidation sites excluding steroid dienone is 1. The van der Waals surface area contributed by atoms with Crippen molar-refractivity contribution in [3.05, 3.63) is 93.8 Å². The third kappa shape index (κ3) is 3.58. The van der Waals surface area contributed by atoms with E-state index in [1.165, 1.54) is 7.11 Å². The van der Waals surface area contributed by atoms with Crippen LogP contribution in [0.3, 0.4) is 0 Å². The first-order valence-corrected chi connectivity index (χ1v) is 10.4. The summed E-state index contributed by atoms with van der Waals surface area (Å²) in [6, 6.07) is 13.8. The number of methoxy groups -OCH3 is 1.